The van der Waals surface area contributed by atoms with Gasteiger partial charge in [-0.05, 0) is 19.3 Å². The largest absolute Gasteiger partial charge is 0.351 e. The fourth-order valence-corrected chi connectivity index (χ4v) is 3.87. The van der Waals surface area contributed by atoms with Gasteiger partial charge in [-0.1, -0.05) is 13.8 Å². The fourth-order valence-electron chi connectivity index (χ4n) is 2.20. The summed E-state index contributed by atoms with van der Waals surface area (Å²) in [6.45, 7) is 5.76. The maximum absolute atomic E-state index is 12.1. The highest BCUT2D eigenvalue weighted by Gasteiger charge is 2.30. The van der Waals surface area contributed by atoms with E-state index in [1.54, 1.807) is 6.92 Å². The van der Waals surface area contributed by atoms with Gasteiger partial charge in [0.15, 0.2) is 9.84 Å². The quantitative estimate of drug-likeness (QED) is 0.661. The van der Waals surface area contributed by atoms with E-state index in [4.69, 9.17) is 5.73 Å². The molecule has 2 unspecified atom stereocenters. The standard InChI is InChI=1S/C13H25N3O4S/c1-4-16(13(18)12(14)9(2)3)7-11(17)15-10-5-6-21(19,20)8-10/h9-10,12H,4-8,14H2,1-3H3,(H,15,17). The zero-order chi connectivity index (χ0) is 16.2. The topological polar surface area (TPSA) is 110 Å². The maximum atomic E-state index is 12.1. The van der Waals surface area contributed by atoms with Gasteiger partial charge in [0, 0.05) is 12.6 Å². The smallest absolute Gasteiger partial charge is 0.240 e. The minimum Gasteiger partial charge on any atom is -0.351 e. The second-order valence-electron chi connectivity index (χ2n) is 5.79. The van der Waals surface area contributed by atoms with Crippen LogP contribution < -0.4 is 11.1 Å². The van der Waals surface area contributed by atoms with E-state index in [-0.39, 0.29) is 41.8 Å². The number of sulfone groups is 1. The molecular formula is C13H25N3O4S. The summed E-state index contributed by atoms with van der Waals surface area (Å²) in [5.74, 6) is -0.531. The third-order valence-electron chi connectivity index (χ3n) is 3.63. The van der Waals surface area contributed by atoms with E-state index < -0.39 is 15.9 Å². The maximum Gasteiger partial charge on any atom is 0.240 e. The zero-order valence-electron chi connectivity index (χ0n) is 12.8. The molecule has 0 aliphatic carbocycles. The van der Waals surface area contributed by atoms with Gasteiger partial charge >= 0.3 is 0 Å². The van der Waals surface area contributed by atoms with Crippen LogP contribution in [0.1, 0.15) is 27.2 Å². The molecule has 7 nitrogen and oxygen atoms in total. The average molecular weight is 319 g/mol. The van der Waals surface area contributed by atoms with E-state index in [1.807, 2.05) is 13.8 Å². The van der Waals surface area contributed by atoms with E-state index in [0.717, 1.165) is 0 Å². The lowest BCUT2D eigenvalue weighted by molar-refractivity contribution is -0.137. The third kappa shape index (κ3) is 5.28. The van der Waals surface area contributed by atoms with E-state index >= 15 is 0 Å². The van der Waals surface area contributed by atoms with Crippen LogP contribution in [0.3, 0.4) is 0 Å². The second kappa shape index (κ2) is 7.22. The van der Waals surface area contributed by atoms with E-state index in [1.165, 1.54) is 4.90 Å². The number of carbonyl (C=O) groups is 2. The molecule has 8 heteroatoms. The molecule has 1 heterocycles. The summed E-state index contributed by atoms with van der Waals surface area (Å²) >= 11 is 0. The third-order valence-corrected chi connectivity index (χ3v) is 5.40. The minimum absolute atomic E-state index is 0.00501. The fraction of sp³-hybridized carbons (Fsp3) is 0.846. The van der Waals surface area contributed by atoms with Crippen molar-refractivity contribution < 1.29 is 18.0 Å². The lowest BCUT2D eigenvalue weighted by Crippen LogP contribution is -2.50. The first-order chi connectivity index (χ1) is 9.66. The Hall–Kier alpha value is -1.15. The molecule has 0 spiro atoms. The number of likely N-dealkylation sites (N-methyl/N-ethyl adjacent to an activating group) is 1. The molecule has 0 aromatic carbocycles. The van der Waals surface area contributed by atoms with E-state index in [2.05, 4.69) is 5.32 Å². The van der Waals surface area contributed by atoms with Gasteiger partial charge in [0.2, 0.25) is 11.8 Å². The average Bonchev–Trinajstić information content (AvgIpc) is 2.73. The Morgan fingerprint density at radius 3 is 2.43 bits per heavy atom. The molecule has 1 aliphatic heterocycles. The predicted molar refractivity (Wildman–Crippen MR) is 80.3 cm³/mol. The molecule has 21 heavy (non-hydrogen) atoms. The molecule has 1 rings (SSSR count). The number of carbonyl (C=O) groups excluding carboxylic acids is 2. The number of amides is 2. The van der Waals surface area contributed by atoms with Crippen molar-refractivity contribution in [1.82, 2.24) is 10.2 Å². The normalized spacial score (nSPS) is 22.0. The summed E-state index contributed by atoms with van der Waals surface area (Å²) in [6, 6.07) is -0.986. The van der Waals surface area contributed by atoms with Crippen molar-refractivity contribution in [3.8, 4) is 0 Å². The van der Waals surface area contributed by atoms with Gasteiger partial charge in [-0.15, -0.1) is 0 Å². The zero-order valence-corrected chi connectivity index (χ0v) is 13.6. The van der Waals surface area contributed by atoms with Crippen molar-refractivity contribution in [3.63, 3.8) is 0 Å². The predicted octanol–water partition coefficient (Wildman–Crippen LogP) is -0.878. The molecule has 1 fully saturated rings. The molecule has 1 saturated heterocycles. The lowest BCUT2D eigenvalue weighted by atomic mass is 10.0. The monoisotopic (exact) mass is 319 g/mol. The molecule has 122 valence electrons. The number of nitrogens with one attached hydrogen (secondary N) is 1. The lowest BCUT2D eigenvalue weighted by Gasteiger charge is -2.26. The molecular weight excluding hydrogens is 294 g/mol. The van der Waals surface area contributed by atoms with Crippen molar-refractivity contribution in [2.75, 3.05) is 24.6 Å². The minimum atomic E-state index is -3.03. The number of rotatable bonds is 6. The van der Waals surface area contributed by atoms with Crippen LogP contribution in [0.25, 0.3) is 0 Å². The Bertz CT molecular complexity index is 490. The van der Waals surface area contributed by atoms with Crippen LogP contribution in [-0.2, 0) is 19.4 Å². The number of hydrogen-bond donors (Lipinski definition) is 2. The molecule has 0 aromatic rings. The Kier molecular flexibility index (Phi) is 6.15. The van der Waals surface area contributed by atoms with Crippen LogP contribution in [0.2, 0.25) is 0 Å². The van der Waals surface area contributed by atoms with Gasteiger partial charge in [-0.3, -0.25) is 9.59 Å². The SMILES string of the molecule is CCN(CC(=O)NC1CCS(=O)(=O)C1)C(=O)C(N)C(C)C. The molecule has 0 saturated carbocycles. The highest BCUT2D eigenvalue weighted by molar-refractivity contribution is 7.91. The van der Waals surface area contributed by atoms with Crippen LogP contribution in [-0.4, -0.2) is 61.8 Å². The Labute approximate surface area is 126 Å². The van der Waals surface area contributed by atoms with Gasteiger partial charge in [0.25, 0.3) is 0 Å². The van der Waals surface area contributed by atoms with E-state index in [0.29, 0.717) is 13.0 Å². The summed E-state index contributed by atoms with van der Waals surface area (Å²) in [5.41, 5.74) is 5.81. The van der Waals surface area contributed by atoms with Crippen LogP contribution in [0.15, 0.2) is 0 Å². The van der Waals surface area contributed by atoms with Gasteiger partial charge in [0.1, 0.15) is 0 Å². The Morgan fingerprint density at radius 1 is 1.38 bits per heavy atom. The molecule has 0 radical (unpaired) electrons. The van der Waals surface area contributed by atoms with Gasteiger partial charge in [0.05, 0.1) is 24.1 Å². The number of nitrogens with two attached hydrogens (primary N) is 1. The van der Waals surface area contributed by atoms with Gasteiger partial charge < -0.3 is 16.0 Å². The van der Waals surface area contributed by atoms with Crippen molar-refractivity contribution in [1.29, 1.82) is 0 Å². The van der Waals surface area contributed by atoms with Crippen molar-refractivity contribution in [2.45, 2.75) is 39.3 Å². The van der Waals surface area contributed by atoms with Crippen molar-refractivity contribution in [3.05, 3.63) is 0 Å². The summed E-state index contributed by atoms with van der Waals surface area (Å²) in [5, 5.41) is 2.67. The number of hydrogen-bond acceptors (Lipinski definition) is 5. The van der Waals surface area contributed by atoms with Crippen LogP contribution in [0.4, 0.5) is 0 Å². The first-order valence-corrected chi connectivity index (χ1v) is 9.02. The highest BCUT2D eigenvalue weighted by atomic mass is 32.2. The summed E-state index contributed by atoms with van der Waals surface area (Å²) in [4.78, 5) is 25.4. The molecule has 2 amide bonds. The summed E-state index contributed by atoms with van der Waals surface area (Å²) < 4.78 is 22.7. The summed E-state index contributed by atoms with van der Waals surface area (Å²) in [6.07, 6.45) is 0.430. The molecule has 2 atom stereocenters. The molecule has 3 N–H and O–H groups in total. The first kappa shape index (κ1) is 17.9. The Morgan fingerprint density at radius 2 is 2.00 bits per heavy atom. The second-order valence-corrected chi connectivity index (χ2v) is 8.02. The van der Waals surface area contributed by atoms with Crippen LogP contribution >= 0.6 is 0 Å². The summed E-state index contributed by atoms with van der Waals surface area (Å²) in [7, 11) is -3.03. The molecule has 1 aliphatic rings. The van der Waals surface area contributed by atoms with Crippen LogP contribution in [0.5, 0.6) is 0 Å². The van der Waals surface area contributed by atoms with Gasteiger partial charge in [-0.2, -0.15) is 0 Å². The first-order valence-electron chi connectivity index (χ1n) is 7.20. The van der Waals surface area contributed by atoms with Crippen LogP contribution in [0, 0.1) is 5.92 Å². The number of nitrogens with zero attached hydrogens (tertiary/aromatic N) is 1. The van der Waals surface area contributed by atoms with E-state index in [9.17, 15) is 18.0 Å². The van der Waals surface area contributed by atoms with Crippen molar-refractivity contribution >= 4 is 21.7 Å². The molecule has 0 aromatic heterocycles. The Balaban J connectivity index is 2.53. The van der Waals surface area contributed by atoms with Crippen molar-refractivity contribution in [2.24, 2.45) is 11.7 Å². The highest BCUT2D eigenvalue weighted by Crippen LogP contribution is 2.11. The molecule has 0 bridgehead atoms. The van der Waals surface area contributed by atoms with Gasteiger partial charge in [-0.25, -0.2) is 8.42 Å².